The molecule has 2 aromatic carbocycles. The van der Waals surface area contributed by atoms with E-state index >= 15 is 0 Å². The maximum absolute atomic E-state index is 13.9. The minimum atomic E-state index is -0.775. The third kappa shape index (κ3) is 4.32. The van der Waals surface area contributed by atoms with Gasteiger partial charge < -0.3 is 5.32 Å². The van der Waals surface area contributed by atoms with Crippen LogP contribution in [0.25, 0.3) is 0 Å². The zero-order valence-corrected chi connectivity index (χ0v) is 14.8. The Kier molecular flexibility index (Phi) is 5.22. The Morgan fingerprint density at radius 1 is 1.22 bits per heavy atom. The number of carbonyl (C=O) groups is 1. The average molecular weight is 389 g/mol. The third-order valence-corrected chi connectivity index (χ3v) is 4.88. The lowest BCUT2D eigenvalue weighted by molar-refractivity contribution is -0.384. The van der Waals surface area contributed by atoms with Gasteiger partial charge in [0.25, 0.3) is 11.6 Å². The fourth-order valence-corrected chi connectivity index (χ4v) is 3.41. The zero-order chi connectivity index (χ0) is 19.6. The molecule has 27 heavy (non-hydrogen) atoms. The van der Waals surface area contributed by atoms with Crippen molar-refractivity contribution in [3.8, 4) is 0 Å². The predicted octanol–water partition coefficient (Wildman–Crippen LogP) is 4.48. The van der Waals surface area contributed by atoms with Gasteiger partial charge in [0.15, 0.2) is 0 Å². The smallest absolute Gasteiger partial charge is 0.271 e. The monoisotopic (exact) mass is 389 g/mol. The summed E-state index contributed by atoms with van der Waals surface area (Å²) < 4.78 is 26.8. The Labute approximate surface area is 156 Å². The summed E-state index contributed by atoms with van der Waals surface area (Å²) >= 11 is 1.13. The Morgan fingerprint density at radius 3 is 2.59 bits per heavy atom. The number of non-ortho nitro benzene ring substituents is 1. The van der Waals surface area contributed by atoms with Crippen LogP contribution in [0.5, 0.6) is 0 Å². The van der Waals surface area contributed by atoms with Gasteiger partial charge in [0.1, 0.15) is 16.5 Å². The minimum Gasteiger partial charge on any atom is -0.318 e. The molecule has 0 aliphatic carbocycles. The van der Waals surface area contributed by atoms with Crippen LogP contribution >= 0.6 is 11.3 Å². The molecule has 1 heterocycles. The van der Waals surface area contributed by atoms with E-state index in [1.165, 1.54) is 12.1 Å². The SMILES string of the molecule is Cc1nc(Cc2ccc(F)cc2)sc1C(=O)Nc1cc([N+](=O)[O-])ccc1F. The van der Waals surface area contributed by atoms with Crippen LogP contribution in [-0.4, -0.2) is 15.8 Å². The first-order valence-corrected chi connectivity index (χ1v) is 8.61. The molecule has 1 N–H and O–H groups in total. The van der Waals surface area contributed by atoms with Gasteiger partial charge in [-0.25, -0.2) is 13.8 Å². The van der Waals surface area contributed by atoms with E-state index in [4.69, 9.17) is 0 Å². The standard InChI is InChI=1S/C18H13F2N3O3S/c1-10-17(27-16(21-10)8-11-2-4-12(19)5-3-11)18(24)22-15-9-13(23(25)26)6-7-14(15)20/h2-7,9H,8H2,1H3,(H,22,24). The van der Waals surface area contributed by atoms with E-state index in [2.05, 4.69) is 10.3 Å². The average Bonchev–Trinajstić information content (AvgIpc) is 2.99. The van der Waals surface area contributed by atoms with E-state index in [0.29, 0.717) is 17.1 Å². The minimum absolute atomic E-state index is 0.276. The Balaban J connectivity index is 1.79. The van der Waals surface area contributed by atoms with Crippen molar-refractivity contribution >= 4 is 28.6 Å². The second-order valence-electron chi connectivity index (χ2n) is 5.70. The Hall–Kier alpha value is -3.20. The lowest BCUT2D eigenvalue weighted by atomic mass is 10.1. The summed E-state index contributed by atoms with van der Waals surface area (Å²) in [5.41, 5.74) is 0.689. The van der Waals surface area contributed by atoms with Crippen LogP contribution in [0.3, 0.4) is 0 Å². The number of nitrogens with zero attached hydrogens (tertiary/aromatic N) is 2. The fraction of sp³-hybridized carbons (Fsp3) is 0.111. The quantitative estimate of drug-likeness (QED) is 0.515. The molecule has 1 aromatic heterocycles. The van der Waals surface area contributed by atoms with Crippen LogP contribution in [0.1, 0.15) is 25.9 Å². The van der Waals surface area contributed by atoms with Crippen LogP contribution in [0.15, 0.2) is 42.5 Å². The molecular weight excluding hydrogens is 376 g/mol. The molecule has 0 bridgehead atoms. The summed E-state index contributed by atoms with van der Waals surface area (Å²) in [7, 11) is 0. The number of aromatic nitrogens is 1. The van der Waals surface area contributed by atoms with Crippen molar-refractivity contribution in [1.29, 1.82) is 0 Å². The Bertz CT molecular complexity index is 1020. The predicted molar refractivity (Wildman–Crippen MR) is 97.1 cm³/mol. The molecule has 138 valence electrons. The highest BCUT2D eigenvalue weighted by Crippen LogP contribution is 2.25. The summed E-state index contributed by atoms with van der Waals surface area (Å²) in [4.78, 5) is 27.2. The molecular formula is C18H13F2N3O3S. The molecule has 3 rings (SSSR count). The van der Waals surface area contributed by atoms with Crippen LogP contribution in [0.4, 0.5) is 20.2 Å². The molecule has 3 aromatic rings. The van der Waals surface area contributed by atoms with Crippen molar-refractivity contribution in [2.75, 3.05) is 5.32 Å². The number of nitro groups is 1. The lowest BCUT2D eigenvalue weighted by Gasteiger charge is -2.05. The van der Waals surface area contributed by atoms with Gasteiger partial charge in [-0.1, -0.05) is 12.1 Å². The summed E-state index contributed by atoms with van der Waals surface area (Å²) in [6, 6.07) is 8.84. The number of hydrogen-bond acceptors (Lipinski definition) is 5. The molecule has 9 heteroatoms. The second-order valence-corrected chi connectivity index (χ2v) is 6.78. The number of aryl methyl sites for hydroxylation is 1. The highest BCUT2D eigenvalue weighted by Gasteiger charge is 2.19. The molecule has 0 spiro atoms. The van der Waals surface area contributed by atoms with Crippen LogP contribution in [0, 0.1) is 28.7 Å². The highest BCUT2D eigenvalue weighted by molar-refractivity contribution is 7.14. The fourth-order valence-electron chi connectivity index (χ4n) is 2.42. The normalized spacial score (nSPS) is 10.6. The molecule has 1 amide bonds. The molecule has 0 atom stereocenters. The number of carbonyl (C=O) groups excluding carboxylic acids is 1. The van der Waals surface area contributed by atoms with Gasteiger partial charge in [-0.3, -0.25) is 14.9 Å². The van der Waals surface area contributed by atoms with Crippen LogP contribution in [-0.2, 0) is 6.42 Å². The number of halogens is 2. The molecule has 6 nitrogen and oxygen atoms in total. The van der Waals surface area contributed by atoms with E-state index < -0.39 is 16.6 Å². The molecule has 0 unspecified atom stereocenters. The number of nitrogens with one attached hydrogen (secondary N) is 1. The molecule has 0 saturated heterocycles. The van der Waals surface area contributed by atoms with E-state index in [9.17, 15) is 23.7 Å². The highest BCUT2D eigenvalue weighted by atomic mass is 32.1. The van der Waals surface area contributed by atoms with Crippen LogP contribution in [0.2, 0.25) is 0 Å². The van der Waals surface area contributed by atoms with Gasteiger partial charge >= 0.3 is 0 Å². The van der Waals surface area contributed by atoms with Gasteiger partial charge in [-0.2, -0.15) is 0 Å². The number of amides is 1. The van der Waals surface area contributed by atoms with Crippen molar-refractivity contribution in [3.63, 3.8) is 0 Å². The van der Waals surface area contributed by atoms with Gasteiger partial charge in [-0.15, -0.1) is 11.3 Å². The van der Waals surface area contributed by atoms with E-state index in [0.717, 1.165) is 35.1 Å². The summed E-state index contributed by atoms with van der Waals surface area (Å²) in [6.07, 6.45) is 0.421. The Morgan fingerprint density at radius 2 is 1.93 bits per heavy atom. The number of benzene rings is 2. The van der Waals surface area contributed by atoms with Crippen molar-refractivity contribution in [3.05, 3.63) is 85.4 Å². The maximum Gasteiger partial charge on any atom is 0.271 e. The van der Waals surface area contributed by atoms with E-state index in [1.807, 2.05) is 0 Å². The van der Waals surface area contributed by atoms with Gasteiger partial charge in [0.05, 0.1) is 21.3 Å². The lowest BCUT2D eigenvalue weighted by Crippen LogP contribution is -2.13. The largest absolute Gasteiger partial charge is 0.318 e. The molecule has 0 aliphatic rings. The molecule has 0 saturated carbocycles. The first kappa shape index (κ1) is 18.6. The molecule has 0 aliphatic heterocycles. The molecule has 0 fully saturated rings. The van der Waals surface area contributed by atoms with E-state index in [1.54, 1.807) is 19.1 Å². The third-order valence-electron chi connectivity index (χ3n) is 3.72. The number of anilines is 1. The number of nitro benzene ring substituents is 1. The van der Waals surface area contributed by atoms with Crippen LogP contribution < -0.4 is 5.32 Å². The number of rotatable bonds is 5. The second kappa shape index (κ2) is 7.58. The number of thiazole rings is 1. The van der Waals surface area contributed by atoms with Gasteiger partial charge in [0.2, 0.25) is 0 Å². The van der Waals surface area contributed by atoms with Gasteiger partial charge in [0, 0.05) is 18.6 Å². The molecule has 0 radical (unpaired) electrons. The van der Waals surface area contributed by atoms with E-state index in [-0.39, 0.29) is 22.1 Å². The topological polar surface area (TPSA) is 85.1 Å². The summed E-state index contributed by atoms with van der Waals surface area (Å²) in [5.74, 6) is -1.72. The first-order valence-electron chi connectivity index (χ1n) is 7.79. The number of hydrogen-bond donors (Lipinski definition) is 1. The summed E-state index contributed by atoms with van der Waals surface area (Å²) in [5, 5.41) is 13.8. The summed E-state index contributed by atoms with van der Waals surface area (Å²) in [6.45, 7) is 1.64. The van der Waals surface area contributed by atoms with Gasteiger partial charge in [-0.05, 0) is 30.7 Å². The van der Waals surface area contributed by atoms with Crippen molar-refractivity contribution in [2.24, 2.45) is 0 Å². The van der Waals surface area contributed by atoms with Crippen molar-refractivity contribution in [1.82, 2.24) is 4.98 Å². The van der Waals surface area contributed by atoms with Crippen molar-refractivity contribution < 1.29 is 18.5 Å². The van der Waals surface area contributed by atoms with Crippen molar-refractivity contribution in [2.45, 2.75) is 13.3 Å². The maximum atomic E-state index is 13.9. The first-order chi connectivity index (χ1) is 12.8. The zero-order valence-electron chi connectivity index (χ0n) is 14.0.